The van der Waals surface area contributed by atoms with Gasteiger partial charge in [0.15, 0.2) is 0 Å². The fourth-order valence-electron chi connectivity index (χ4n) is 2.02. The zero-order chi connectivity index (χ0) is 16.9. The van der Waals surface area contributed by atoms with Crippen molar-refractivity contribution in [2.24, 2.45) is 5.10 Å². The molecule has 9 heteroatoms. The molecule has 120 valence electrons. The lowest BCUT2D eigenvalue weighted by molar-refractivity contribution is -0.384. The number of rotatable bonds is 5. The topological polar surface area (TPSA) is 111 Å². The maximum absolute atomic E-state index is 10.6. The molecule has 2 aromatic carbocycles. The maximum atomic E-state index is 10.6. The standard InChI is InChI=1S/C15H13N7O2/c1-11(17-18-13-5-7-14(8-6-13)22(23)24)12-3-2-4-15(9-12)21-10-16-19-20-21/h2-10,18H,1H3/b17-11+. The van der Waals surface area contributed by atoms with Crippen molar-refractivity contribution in [3.63, 3.8) is 0 Å². The lowest BCUT2D eigenvalue weighted by Gasteiger charge is -2.05. The Balaban J connectivity index is 1.76. The second-order valence-corrected chi connectivity index (χ2v) is 4.92. The largest absolute Gasteiger partial charge is 0.278 e. The Bertz CT molecular complexity index is 873. The predicted octanol–water partition coefficient (Wildman–Crippen LogP) is 2.41. The molecular weight excluding hydrogens is 310 g/mol. The minimum atomic E-state index is -0.442. The van der Waals surface area contributed by atoms with Crippen LogP contribution in [0, 0.1) is 10.1 Å². The van der Waals surface area contributed by atoms with Crippen LogP contribution in [0.4, 0.5) is 11.4 Å². The molecule has 0 saturated carbocycles. The van der Waals surface area contributed by atoms with Crippen molar-refractivity contribution < 1.29 is 4.92 Å². The highest BCUT2D eigenvalue weighted by Gasteiger charge is 2.04. The number of nitrogens with zero attached hydrogens (tertiary/aromatic N) is 6. The highest BCUT2D eigenvalue weighted by atomic mass is 16.6. The van der Waals surface area contributed by atoms with Crippen LogP contribution in [0.1, 0.15) is 12.5 Å². The molecule has 0 fully saturated rings. The zero-order valence-corrected chi connectivity index (χ0v) is 12.7. The first-order chi connectivity index (χ1) is 11.6. The number of aromatic nitrogens is 4. The van der Waals surface area contributed by atoms with E-state index in [4.69, 9.17) is 0 Å². The Labute approximate surface area is 136 Å². The molecule has 1 N–H and O–H groups in total. The third kappa shape index (κ3) is 3.40. The van der Waals surface area contributed by atoms with Crippen molar-refractivity contribution in [2.75, 3.05) is 5.43 Å². The number of nitrogens with one attached hydrogen (secondary N) is 1. The number of tetrazole rings is 1. The fraction of sp³-hybridized carbons (Fsp3) is 0.0667. The summed E-state index contributed by atoms with van der Waals surface area (Å²) in [4.78, 5) is 10.2. The van der Waals surface area contributed by atoms with E-state index >= 15 is 0 Å². The highest BCUT2D eigenvalue weighted by molar-refractivity contribution is 5.99. The van der Waals surface area contributed by atoms with Crippen LogP contribution in [0.15, 0.2) is 60.0 Å². The van der Waals surface area contributed by atoms with E-state index in [1.807, 2.05) is 31.2 Å². The van der Waals surface area contributed by atoms with Crippen LogP contribution < -0.4 is 5.43 Å². The molecule has 0 aliphatic rings. The van der Waals surface area contributed by atoms with Crippen molar-refractivity contribution in [1.82, 2.24) is 20.2 Å². The third-order valence-electron chi connectivity index (χ3n) is 3.31. The molecule has 3 aromatic rings. The van der Waals surface area contributed by atoms with Crippen LogP contribution in [0.2, 0.25) is 0 Å². The van der Waals surface area contributed by atoms with Gasteiger partial charge in [-0.25, -0.2) is 4.68 Å². The monoisotopic (exact) mass is 323 g/mol. The molecule has 24 heavy (non-hydrogen) atoms. The zero-order valence-electron chi connectivity index (χ0n) is 12.7. The van der Waals surface area contributed by atoms with Gasteiger partial charge in [0.25, 0.3) is 5.69 Å². The minimum absolute atomic E-state index is 0.0374. The maximum Gasteiger partial charge on any atom is 0.269 e. The summed E-state index contributed by atoms with van der Waals surface area (Å²) in [5.41, 5.74) is 6.06. The predicted molar refractivity (Wildman–Crippen MR) is 88.1 cm³/mol. The summed E-state index contributed by atoms with van der Waals surface area (Å²) >= 11 is 0. The van der Waals surface area contributed by atoms with E-state index < -0.39 is 4.92 Å². The third-order valence-corrected chi connectivity index (χ3v) is 3.31. The molecule has 1 aromatic heterocycles. The number of hydrogen-bond donors (Lipinski definition) is 1. The summed E-state index contributed by atoms with van der Waals surface area (Å²) in [7, 11) is 0. The van der Waals surface area contributed by atoms with Gasteiger partial charge in [-0.05, 0) is 47.2 Å². The van der Waals surface area contributed by atoms with Crippen molar-refractivity contribution in [3.8, 4) is 5.69 Å². The van der Waals surface area contributed by atoms with E-state index in [1.165, 1.54) is 18.5 Å². The van der Waals surface area contributed by atoms with Gasteiger partial charge >= 0.3 is 0 Å². The summed E-state index contributed by atoms with van der Waals surface area (Å²) in [6.45, 7) is 1.86. The van der Waals surface area contributed by atoms with Crippen molar-refractivity contribution >= 4 is 17.1 Å². The lowest BCUT2D eigenvalue weighted by Crippen LogP contribution is -2.02. The van der Waals surface area contributed by atoms with Gasteiger partial charge in [-0.2, -0.15) is 5.10 Å². The SMILES string of the molecule is C/C(=N\Nc1ccc([N+](=O)[O-])cc1)c1cccc(-n2cnnn2)c1. The number of hydrazone groups is 1. The van der Waals surface area contributed by atoms with Crippen LogP contribution in [-0.4, -0.2) is 30.8 Å². The Morgan fingerprint density at radius 2 is 2.04 bits per heavy atom. The summed E-state index contributed by atoms with van der Waals surface area (Å²) in [6.07, 6.45) is 1.51. The average Bonchev–Trinajstić information content (AvgIpc) is 3.15. The van der Waals surface area contributed by atoms with Gasteiger partial charge in [-0.3, -0.25) is 15.5 Å². The minimum Gasteiger partial charge on any atom is -0.278 e. The van der Waals surface area contributed by atoms with Gasteiger partial charge in [-0.15, -0.1) is 5.10 Å². The molecule has 1 heterocycles. The number of hydrogen-bond acceptors (Lipinski definition) is 7. The molecule has 0 spiro atoms. The molecule has 0 amide bonds. The van der Waals surface area contributed by atoms with E-state index in [1.54, 1.807) is 16.8 Å². The van der Waals surface area contributed by atoms with E-state index in [0.29, 0.717) is 5.69 Å². The Hall–Kier alpha value is -3.62. The fourth-order valence-corrected chi connectivity index (χ4v) is 2.02. The second kappa shape index (κ2) is 6.65. The molecule has 0 atom stereocenters. The van der Waals surface area contributed by atoms with E-state index in [2.05, 4.69) is 26.1 Å². The van der Waals surface area contributed by atoms with Gasteiger partial charge in [0.2, 0.25) is 0 Å². The molecule has 0 saturated heterocycles. The summed E-state index contributed by atoms with van der Waals surface area (Å²) in [5, 5.41) is 26.0. The molecular formula is C15H13N7O2. The van der Waals surface area contributed by atoms with E-state index in [-0.39, 0.29) is 5.69 Å². The van der Waals surface area contributed by atoms with Crippen molar-refractivity contribution in [2.45, 2.75) is 6.92 Å². The van der Waals surface area contributed by atoms with Crippen molar-refractivity contribution in [3.05, 3.63) is 70.5 Å². The summed E-state index contributed by atoms with van der Waals surface area (Å²) < 4.78 is 1.56. The van der Waals surface area contributed by atoms with Crippen LogP contribution in [0.25, 0.3) is 5.69 Å². The van der Waals surface area contributed by atoms with E-state index in [0.717, 1.165) is 17.0 Å². The summed E-state index contributed by atoms with van der Waals surface area (Å²) in [5.74, 6) is 0. The van der Waals surface area contributed by atoms with Crippen LogP contribution in [0.5, 0.6) is 0 Å². The molecule has 0 unspecified atom stereocenters. The van der Waals surface area contributed by atoms with Gasteiger partial charge in [0.05, 0.1) is 22.0 Å². The molecule has 9 nitrogen and oxygen atoms in total. The average molecular weight is 323 g/mol. The molecule has 0 aliphatic carbocycles. The van der Waals surface area contributed by atoms with Crippen LogP contribution in [0.3, 0.4) is 0 Å². The number of anilines is 1. The molecule has 0 bridgehead atoms. The molecule has 3 rings (SSSR count). The quantitative estimate of drug-likeness (QED) is 0.438. The van der Waals surface area contributed by atoms with Gasteiger partial charge in [0, 0.05) is 12.1 Å². The normalized spacial score (nSPS) is 11.3. The van der Waals surface area contributed by atoms with Crippen molar-refractivity contribution in [1.29, 1.82) is 0 Å². The lowest BCUT2D eigenvalue weighted by atomic mass is 10.1. The van der Waals surface area contributed by atoms with E-state index in [9.17, 15) is 10.1 Å². The van der Waals surface area contributed by atoms with Gasteiger partial charge in [-0.1, -0.05) is 12.1 Å². The first-order valence-corrected chi connectivity index (χ1v) is 7.02. The first-order valence-electron chi connectivity index (χ1n) is 7.02. The molecule has 0 radical (unpaired) electrons. The van der Waals surface area contributed by atoms with Gasteiger partial charge in [0.1, 0.15) is 6.33 Å². The second-order valence-electron chi connectivity index (χ2n) is 4.92. The Kier molecular flexibility index (Phi) is 4.23. The van der Waals surface area contributed by atoms with Gasteiger partial charge < -0.3 is 0 Å². The smallest absolute Gasteiger partial charge is 0.269 e. The molecule has 0 aliphatic heterocycles. The highest BCUT2D eigenvalue weighted by Crippen LogP contribution is 2.16. The Morgan fingerprint density at radius 1 is 1.25 bits per heavy atom. The number of nitro groups is 1. The summed E-state index contributed by atoms with van der Waals surface area (Å²) in [6, 6.07) is 13.7. The number of non-ortho nitro benzene ring substituents is 1. The first kappa shape index (κ1) is 15.3. The van der Waals surface area contributed by atoms with Crippen LogP contribution >= 0.6 is 0 Å². The number of benzene rings is 2. The van der Waals surface area contributed by atoms with Crippen LogP contribution in [-0.2, 0) is 0 Å². The Morgan fingerprint density at radius 3 is 2.71 bits per heavy atom. The number of nitro benzene ring substituents is 1.